The summed E-state index contributed by atoms with van der Waals surface area (Å²) in [5.41, 5.74) is -1.93. The van der Waals surface area contributed by atoms with Crippen molar-refractivity contribution < 1.29 is 23.5 Å². The van der Waals surface area contributed by atoms with Gasteiger partial charge in [-0.2, -0.15) is 0 Å². The van der Waals surface area contributed by atoms with E-state index >= 15 is 0 Å². The predicted molar refractivity (Wildman–Crippen MR) is 62.9 cm³/mol. The Kier molecular flexibility index (Phi) is 4.19. The molecular formula is C12H20FNO4. The first kappa shape index (κ1) is 14.7. The fraction of sp³-hybridized carbons (Fsp3) is 0.833. The monoisotopic (exact) mass is 260 g/mol. The Morgan fingerprint density at radius 2 is 1.94 bits per heavy atom. The van der Waals surface area contributed by atoms with E-state index < -0.39 is 29.4 Å². The number of ether oxygens (including phenoxy) is 2. The van der Waals surface area contributed by atoms with Crippen LogP contribution in [-0.4, -0.2) is 36.0 Å². The molecule has 1 aliphatic rings. The topological polar surface area (TPSA) is 64.6 Å². The summed E-state index contributed by atoms with van der Waals surface area (Å²) in [6.45, 7) is 6.98. The van der Waals surface area contributed by atoms with E-state index in [9.17, 15) is 14.0 Å². The van der Waals surface area contributed by atoms with E-state index in [1.54, 1.807) is 27.7 Å². The molecule has 0 heterocycles. The molecule has 0 aromatic rings. The minimum Gasteiger partial charge on any atom is -0.464 e. The van der Waals surface area contributed by atoms with Gasteiger partial charge in [0.15, 0.2) is 0 Å². The number of hydrogen-bond donors (Lipinski definition) is 1. The van der Waals surface area contributed by atoms with Crippen LogP contribution < -0.4 is 5.32 Å². The van der Waals surface area contributed by atoms with Gasteiger partial charge in [-0.3, -0.25) is 0 Å². The summed E-state index contributed by atoms with van der Waals surface area (Å²) in [4.78, 5) is 23.4. The number of rotatable bonds is 3. The van der Waals surface area contributed by atoms with Gasteiger partial charge >= 0.3 is 12.1 Å². The molecule has 1 rings (SSSR count). The van der Waals surface area contributed by atoms with E-state index in [0.29, 0.717) is 0 Å². The molecule has 18 heavy (non-hydrogen) atoms. The average Bonchev–Trinajstić information content (AvgIpc) is 2.11. The van der Waals surface area contributed by atoms with Gasteiger partial charge in [0, 0.05) is 12.8 Å². The molecule has 0 aromatic heterocycles. The van der Waals surface area contributed by atoms with Crippen molar-refractivity contribution in [2.45, 2.75) is 57.8 Å². The van der Waals surface area contributed by atoms with Crippen LogP contribution in [0.2, 0.25) is 0 Å². The molecule has 1 aliphatic carbocycles. The first-order valence-electron chi connectivity index (χ1n) is 6.01. The van der Waals surface area contributed by atoms with Gasteiger partial charge < -0.3 is 14.8 Å². The number of hydrogen-bond acceptors (Lipinski definition) is 4. The first-order chi connectivity index (χ1) is 8.18. The molecule has 104 valence electrons. The van der Waals surface area contributed by atoms with Crippen molar-refractivity contribution in [3.63, 3.8) is 0 Å². The molecule has 1 saturated carbocycles. The fourth-order valence-electron chi connectivity index (χ4n) is 1.78. The molecule has 5 nitrogen and oxygen atoms in total. The van der Waals surface area contributed by atoms with E-state index in [1.165, 1.54) is 0 Å². The summed E-state index contributed by atoms with van der Waals surface area (Å²) >= 11 is 0. The van der Waals surface area contributed by atoms with Crippen LogP contribution in [0.15, 0.2) is 0 Å². The molecule has 6 heteroatoms. The van der Waals surface area contributed by atoms with Gasteiger partial charge in [-0.1, -0.05) is 0 Å². The van der Waals surface area contributed by atoms with Crippen LogP contribution in [-0.2, 0) is 14.3 Å². The summed E-state index contributed by atoms with van der Waals surface area (Å²) in [6, 6.07) is 0. The van der Waals surface area contributed by atoms with Crippen LogP contribution >= 0.6 is 0 Å². The van der Waals surface area contributed by atoms with Crippen LogP contribution in [0.4, 0.5) is 9.18 Å². The van der Waals surface area contributed by atoms with Crippen molar-refractivity contribution in [3.05, 3.63) is 0 Å². The van der Waals surface area contributed by atoms with Crippen molar-refractivity contribution in [2.75, 3.05) is 6.61 Å². The number of amides is 1. The van der Waals surface area contributed by atoms with Gasteiger partial charge in [-0.15, -0.1) is 0 Å². The highest BCUT2D eigenvalue weighted by molar-refractivity contribution is 5.87. The number of carbonyl (C=O) groups is 2. The molecule has 0 bridgehead atoms. The maximum atomic E-state index is 13.0. The molecule has 0 aliphatic heterocycles. The molecule has 0 saturated heterocycles. The van der Waals surface area contributed by atoms with Crippen LogP contribution in [0.1, 0.15) is 40.5 Å². The Bertz CT molecular complexity index is 331. The number of esters is 1. The van der Waals surface area contributed by atoms with E-state index in [0.717, 1.165) is 0 Å². The Balaban J connectivity index is 2.64. The van der Waals surface area contributed by atoms with Crippen LogP contribution in [0, 0.1) is 0 Å². The lowest BCUT2D eigenvalue weighted by Gasteiger charge is -2.42. The SMILES string of the molecule is CCOC(=O)[C@]1(NC(=O)OC(C)(C)C)C[C@H]([18F])C1. The Hall–Kier alpha value is -1.33. The quantitative estimate of drug-likeness (QED) is 0.788. The third-order valence-electron chi connectivity index (χ3n) is 2.55. The zero-order valence-corrected chi connectivity index (χ0v) is 11.2. The largest absolute Gasteiger partial charge is 0.464 e. The van der Waals surface area contributed by atoms with Crippen LogP contribution in [0.3, 0.4) is 0 Å². The Labute approximate surface area is 106 Å². The average molecular weight is 260 g/mol. The predicted octanol–water partition coefficient (Wildman–Crippen LogP) is 1.94. The highest BCUT2D eigenvalue weighted by Crippen LogP contribution is 2.36. The van der Waals surface area contributed by atoms with Crippen molar-refractivity contribution in [1.82, 2.24) is 5.32 Å². The van der Waals surface area contributed by atoms with E-state index in [4.69, 9.17) is 9.47 Å². The van der Waals surface area contributed by atoms with Crippen molar-refractivity contribution in [2.24, 2.45) is 0 Å². The van der Waals surface area contributed by atoms with Gasteiger partial charge in [-0.25, -0.2) is 14.0 Å². The minimum absolute atomic E-state index is 0.0644. The summed E-state index contributed by atoms with van der Waals surface area (Å²) in [5, 5.41) is 2.43. The molecule has 0 unspecified atom stereocenters. The lowest BCUT2D eigenvalue weighted by molar-refractivity contribution is -0.158. The molecule has 0 aromatic carbocycles. The molecule has 0 spiro atoms. The fourth-order valence-corrected chi connectivity index (χ4v) is 1.78. The zero-order valence-electron chi connectivity index (χ0n) is 11.2. The van der Waals surface area contributed by atoms with E-state index in [1.807, 2.05) is 0 Å². The van der Waals surface area contributed by atoms with E-state index in [-0.39, 0.29) is 19.4 Å². The van der Waals surface area contributed by atoms with Crippen LogP contribution in [0.25, 0.3) is 0 Å². The second kappa shape index (κ2) is 5.12. The highest BCUT2D eigenvalue weighted by Gasteiger charge is 2.53. The van der Waals surface area contributed by atoms with Gasteiger partial charge in [-0.05, 0) is 27.7 Å². The third kappa shape index (κ3) is 3.58. The number of nitrogens with one attached hydrogen (secondary N) is 1. The lowest BCUT2D eigenvalue weighted by atomic mass is 9.75. The first-order valence-corrected chi connectivity index (χ1v) is 6.01. The standard InChI is InChI=1S/C12H20FNO4/c1-5-17-9(15)12(6-8(13)7-12)14-10(16)18-11(2,3)4/h8H,5-7H2,1-4H3,(H,14,16)/t8-,12-/i13-1. The van der Waals surface area contributed by atoms with Crippen molar-refractivity contribution in [1.29, 1.82) is 0 Å². The van der Waals surface area contributed by atoms with Gasteiger partial charge in [0.2, 0.25) is 0 Å². The Morgan fingerprint density at radius 3 is 2.33 bits per heavy atom. The second-order valence-electron chi connectivity index (χ2n) is 5.43. The maximum Gasteiger partial charge on any atom is 0.408 e. The molecule has 0 radical (unpaired) electrons. The maximum absolute atomic E-state index is 13.0. The minimum atomic E-state index is -1.27. The summed E-state index contributed by atoms with van der Waals surface area (Å²) < 4.78 is 22.9. The number of alkyl carbamates (subject to hydrolysis) is 1. The second-order valence-corrected chi connectivity index (χ2v) is 5.43. The summed E-state index contributed by atoms with van der Waals surface area (Å²) in [7, 11) is 0. The van der Waals surface area contributed by atoms with Gasteiger partial charge in [0.05, 0.1) is 6.61 Å². The van der Waals surface area contributed by atoms with Gasteiger partial charge in [0.1, 0.15) is 17.3 Å². The van der Waals surface area contributed by atoms with Gasteiger partial charge in [0.25, 0.3) is 0 Å². The zero-order chi connectivity index (χ0) is 14.0. The van der Waals surface area contributed by atoms with Crippen molar-refractivity contribution in [3.8, 4) is 0 Å². The lowest BCUT2D eigenvalue weighted by Crippen LogP contribution is -2.64. The molecule has 1 fully saturated rings. The molecular weight excluding hydrogens is 240 g/mol. The smallest absolute Gasteiger partial charge is 0.408 e. The Morgan fingerprint density at radius 1 is 1.39 bits per heavy atom. The van der Waals surface area contributed by atoms with Crippen molar-refractivity contribution >= 4 is 12.1 Å². The number of halogens is 1. The number of carbonyl (C=O) groups excluding carboxylic acids is 2. The highest BCUT2D eigenvalue weighted by atomic mass is 18.2. The third-order valence-corrected chi connectivity index (χ3v) is 2.55. The van der Waals surface area contributed by atoms with E-state index in [2.05, 4.69) is 5.32 Å². The molecule has 1 amide bonds. The molecule has 0 atom stereocenters. The summed E-state index contributed by atoms with van der Waals surface area (Å²) in [6.07, 6.45) is -1.96. The molecule has 1 N–H and O–H groups in total. The van der Waals surface area contributed by atoms with Crippen LogP contribution in [0.5, 0.6) is 0 Å². The normalized spacial score (nSPS) is 27.1. The number of alkyl halides is 1. The summed E-state index contributed by atoms with van der Waals surface area (Å²) in [5.74, 6) is -0.607.